The Morgan fingerprint density at radius 3 is 2.61 bits per heavy atom. The molecular formula is C16H15ClN2O4. The molecule has 0 aromatic heterocycles. The van der Waals surface area contributed by atoms with E-state index in [0.717, 1.165) is 11.1 Å². The quantitative estimate of drug-likeness (QED) is 0.664. The summed E-state index contributed by atoms with van der Waals surface area (Å²) in [5, 5.41) is 13.8. The zero-order chi connectivity index (χ0) is 16.8. The molecule has 0 heterocycles. The molecule has 2 rings (SSSR count). The molecule has 120 valence electrons. The van der Waals surface area contributed by atoms with E-state index in [1.807, 2.05) is 25.1 Å². The summed E-state index contributed by atoms with van der Waals surface area (Å²) in [6.45, 7) is 2.37. The Bertz CT molecular complexity index is 717. The number of hydrogen-bond donors (Lipinski definition) is 1. The van der Waals surface area contributed by atoms with Crippen molar-refractivity contribution >= 4 is 23.4 Å². The van der Waals surface area contributed by atoms with Crippen LogP contribution >= 0.6 is 11.6 Å². The number of nitrogens with one attached hydrogen (secondary N) is 1. The van der Waals surface area contributed by atoms with Gasteiger partial charge in [-0.3, -0.25) is 10.1 Å². The van der Waals surface area contributed by atoms with E-state index in [1.165, 1.54) is 24.3 Å². The Labute approximate surface area is 138 Å². The Morgan fingerprint density at radius 2 is 1.96 bits per heavy atom. The lowest BCUT2D eigenvalue weighted by atomic mass is 10.1. The smallest absolute Gasteiger partial charge is 0.410 e. The van der Waals surface area contributed by atoms with Crippen molar-refractivity contribution in [3.63, 3.8) is 0 Å². The van der Waals surface area contributed by atoms with E-state index in [1.54, 1.807) is 0 Å². The fourth-order valence-electron chi connectivity index (χ4n) is 1.99. The van der Waals surface area contributed by atoms with Crippen molar-refractivity contribution in [2.45, 2.75) is 13.3 Å². The second kappa shape index (κ2) is 7.60. The molecule has 0 aliphatic carbocycles. The molecule has 1 amide bonds. The molecule has 0 aliphatic heterocycles. The Morgan fingerprint density at radius 1 is 1.26 bits per heavy atom. The molecule has 23 heavy (non-hydrogen) atoms. The lowest BCUT2D eigenvalue weighted by molar-refractivity contribution is -0.384. The van der Waals surface area contributed by atoms with Crippen LogP contribution in [0.3, 0.4) is 0 Å². The van der Waals surface area contributed by atoms with Crippen LogP contribution in [0.2, 0.25) is 5.02 Å². The summed E-state index contributed by atoms with van der Waals surface area (Å²) < 4.78 is 5.04. The number of nitro benzene ring substituents is 1. The summed E-state index contributed by atoms with van der Waals surface area (Å²) in [6.07, 6.45) is 0.0143. The third-order valence-corrected chi connectivity index (χ3v) is 3.47. The number of halogens is 1. The van der Waals surface area contributed by atoms with Gasteiger partial charge in [0.25, 0.3) is 5.69 Å². The summed E-state index contributed by atoms with van der Waals surface area (Å²) in [5.74, 6) is 0.243. The summed E-state index contributed by atoms with van der Waals surface area (Å²) >= 11 is 5.94. The first-order valence-corrected chi connectivity index (χ1v) is 7.28. The van der Waals surface area contributed by atoms with Gasteiger partial charge in [0.1, 0.15) is 5.75 Å². The second-order valence-corrected chi connectivity index (χ2v) is 5.32. The molecule has 0 radical (unpaired) electrons. The predicted molar refractivity (Wildman–Crippen MR) is 87.0 cm³/mol. The fraction of sp³-hybridized carbons (Fsp3) is 0.188. The second-order valence-electron chi connectivity index (χ2n) is 4.89. The van der Waals surface area contributed by atoms with E-state index >= 15 is 0 Å². The van der Waals surface area contributed by atoms with Gasteiger partial charge in [-0.25, -0.2) is 4.79 Å². The minimum atomic E-state index is -0.612. The highest BCUT2D eigenvalue weighted by Crippen LogP contribution is 2.17. The van der Waals surface area contributed by atoms with Gasteiger partial charge in [-0.15, -0.1) is 0 Å². The zero-order valence-corrected chi connectivity index (χ0v) is 13.2. The van der Waals surface area contributed by atoms with Gasteiger partial charge in [0.15, 0.2) is 0 Å². The van der Waals surface area contributed by atoms with Crippen LogP contribution in [0.15, 0.2) is 42.5 Å². The number of rotatable bonds is 5. The van der Waals surface area contributed by atoms with Gasteiger partial charge in [-0.05, 0) is 48.7 Å². The number of benzene rings is 2. The summed E-state index contributed by atoms with van der Waals surface area (Å²) in [7, 11) is 0. The van der Waals surface area contributed by atoms with E-state index in [4.69, 9.17) is 16.3 Å². The molecule has 0 bridgehead atoms. The van der Waals surface area contributed by atoms with Crippen LogP contribution in [0, 0.1) is 17.0 Å². The minimum Gasteiger partial charge on any atom is -0.410 e. The van der Waals surface area contributed by atoms with Gasteiger partial charge < -0.3 is 10.1 Å². The van der Waals surface area contributed by atoms with Crippen molar-refractivity contribution in [1.82, 2.24) is 5.32 Å². The first-order valence-electron chi connectivity index (χ1n) is 6.91. The van der Waals surface area contributed by atoms with E-state index in [9.17, 15) is 14.9 Å². The van der Waals surface area contributed by atoms with Crippen molar-refractivity contribution in [3.05, 3.63) is 68.7 Å². The fourth-order valence-corrected chi connectivity index (χ4v) is 2.18. The number of carbonyl (C=O) groups excluding carboxylic acids is 1. The molecule has 0 unspecified atom stereocenters. The molecular weight excluding hydrogens is 320 g/mol. The average molecular weight is 335 g/mol. The third-order valence-electron chi connectivity index (χ3n) is 3.23. The number of nitrogens with zero attached hydrogens (tertiary/aromatic N) is 1. The molecule has 0 saturated heterocycles. The van der Waals surface area contributed by atoms with Crippen molar-refractivity contribution in [2.75, 3.05) is 6.54 Å². The molecule has 0 aliphatic rings. The molecule has 0 spiro atoms. The molecule has 2 aromatic carbocycles. The van der Waals surface area contributed by atoms with Crippen LogP contribution in [0.25, 0.3) is 0 Å². The molecule has 6 nitrogen and oxygen atoms in total. The SMILES string of the molecule is Cc1ccc(Cl)cc1CCNC(=O)Oc1ccc([N+](=O)[O-])cc1. The number of non-ortho nitro benzene ring substituents is 1. The number of aryl methyl sites for hydroxylation is 1. The maximum Gasteiger partial charge on any atom is 0.412 e. The highest BCUT2D eigenvalue weighted by Gasteiger charge is 2.08. The normalized spacial score (nSPS) is 10.2. The monoisotopic (exact) mass is 334 g/mol. The number of amides is 1. The van der Waals surface area contributed by atoms with Gasteiger partial charge in [0.05, 0.1) is 4.92 Å². The van der Waals surface area contributed by atoms with Crippen LogP contribution < -0.4 is 10.1 Å². The van der Waals surface area contributed by atoms with Crippen molar-refractivity contribution < 1.29 is 14.5 Å². The molecule has 0 atom stereocenters. The zero-order valence-electron chi connectivity index (χ0n) is 12.4. The van der Waals surface area contributed by atoms with E-state index in [-0.39, 0.29) is 11.4 Å². The van der Waals surface area contributed by atoms with Gasteiger partial charge in [0.2, 0.25) is 0 Å². The highest BCUT2D eigenvalue weighted by molar-refractivity contribution is 6.30. The number of hydrogen-bond acceptors (Lipinski definition) is 4. The lowest BCUT2D eigenvalue weighted by Crippen LogP contribution is -2.28. The molecule has 1 N–H and O–H groups in total. The predicted octanol–water partition coefficient (Wildman–Crippen LogP) is 3.89. The standard InChI is InChI=1S/C16H15ClN2O4/c1-11-2-3-13(17)10-12(11)8-9-18-16(20)23-15-6-4-14(5-7-15)19(21)22/h2-7,10H,8-9H2,1H3,(H,18,20). The van der Waals surface area contributed by atoms with Crippen LogP contribution in [0.1, 0.15) is 11.1 Å². The number of ether oxygens (including phenoxy) is 1. The Hall–Kier alpha value is -2.60. The van der Waals surface area contributed by atoms with Crippen LogP contribution in [-0.2, 0) is 6.42 Å². The maximum absolute atomic E-state index is 11.7. The van der Waals surface area contributed by atoms with Gasteiger partial charge in [-0.2, -0.15) is 0 Å². The lowest BCUT2D eigenvalue weighted by Gasteiger charge is -2.08. The van der Waals surface area contributed by atoms with Crippen LogP contribution in [-0.4, -0.2) is 17.6 Å². The Balaban J connectivity index is 1.83. The molecule has 7 heteroatoms. The van der Waals surface area contributed by atoms with Gasteiger partial charge in [-0.1, -0.05) is 17.7 Å². The first kappa shape index (κ1) is 16.8. The molecule has 2 aromatic rings. The highest BCUT2D eigenvalue weighted by atomic mass is 35.5. The van der Waals surface area contributed by atoms with Gasteiger partial charge in [0, 0.05) is 23.7 Å². The van der Waals surface area contributed by atoms with Crippen LogP contribution in [0.4, 0.5) is 10.5 Å². The third kappa shape index (κ3) is 4.96. The van der Waals surface area contributed by atoms with E-state index in [2.05, 4.69) is 5.32 Å². The number of carbonyl (C=O) groups is 1. The summed E-state index contributed by atoms with van der Waals surface area (Å²) in [6, 6.07) is 10.9. The van der Waals surface area contributed by atoms with E-state index in [0.29, 0.717) is 18.0 Å². The summed E-state index contributed by atoms with van der Waals surface area (Å²) in [4.78, 5) is 21.7. The largest absolute Gasteiger partial charge is 0.412 e. The minimum absolute atomic E-state index is 0.0609. The van der Waals surface area contributed by atoms with Gasteiger partial charge >= 0.3 is 6.09 Å². The van der Waals surface area contributed by atoms with E-state index < -0.39 is 11.0 Å². The molecule has 0 fully saturated rings. The van der Waals surface area contributed by atoms with Crippen LogP contribution in [0.5, 0.6) is 5.75 Å². The average Bonchev–Trinajstić information content (AvgIpc) is 2.51. The van der Waals surface area contributed by atoms with Crippen molar-refractivity contribution in [3.8, 4) is 5.75 Å². The number of nitro groups is 1. The maximum atomic E-state index is 11.7. The first-order chi connectivity index (χ1) is 11.0. The van der Waals surface area contributed by atoms with Crippen molar-refractivity contribution in [2.24, 2.45) is 0 Å². The van der Waals surface area contributed by atoms with Crippen molar-refractivity contribution in [1.29, 1.82) is 0 Å². The summed E-state index contributed by atoms with van der Waals surface area (Å²) in [5.41, 5.74) is 2.09. The Kier molecular flexibility index (Phi) is 5.54. The molecule has 0 saturated carbocycles. The topological polar surface area (TPSA) is 81.5 Å².